The molecule has 6 nitrogen and oxygen atoms in total. The van der Waals surface area contributed by atoms with E-state index in [2.05, 4.69) is 10.3 Å². The summed E-state index contributed by atoms with van der Waals surface area (Å²) in [7, 11) is 0.430. The van der Waals surface area contributed by atoms with Gasteiger partial charge in [0, 0.05) is 20.4 Å². The molecular formula is C22H28ClN3O3S. The third-order valence-electron chi connectivity index (χ3n) is 5.63. The first kappa shape index (κ1) is 22.6. The Kier molecular flexibility index (Phi) is 7.03. The predicted molar refractivity (Wildman–Crippen MR) is 121 cm³/mol. The second-order valence-electron chi connectivity index (χ2n) is 8.19. The van der Waals surface area contributed by atoms with Gasteiger partial charge in [-0.2, -0.15) is 0 Å². The van der Waals surface area contributed by atoms with Crippen LogP contribution in [0.5, 0.6) is 0 Å². The minimum absolute atomic E-state index is 0.0777. The van der Waals surface area contributed by atoms with Crippen LogP contribution in [0, 0.1) is 5.92 Å². The average molecular weight is 450 g/mol. The van der Waals surface area contributed by atoms with E-state index in [1.807, 2.05) is 25.1 Å². The van der Waals surface area contributed by atoms with E-state index in [-0.39, 0.29) is 15.8 Å². The van der Waals surface area contributed by atoms with E-state index in [4.69, 9.17) is 11.6 Å². The van der Waals surface area contributed by atoms with Gasteiger partial charge in [0.15, 0.2) is 9.84 Å². The van der Waals surface area contributed by atoms with Crippen LogP contribution in [0.4, 0.5) is 11.5 Å². The van der Waals surface area contributed by atoms with Crippen molar-refractivity contribution in [2.75, 3.05) is 30.6 Å². The molecule has 30 heavy (non-hydrogen) atoms. The number of anilines is 2. The maximum atomic E-state index is 13.2. The lowest BCUT2D eigenvalue weighted by molar-refractivity contribution is -0.118. The predicted octanol–water partition coefficient (Wildman–Crippen LogP) is 4.51. The number of aromatic nitrogens is 1. The number of nitrogens with one attached hydrogen (secondary N) is 1. The number of hydrogen-bond donors (Lipinski definition) is 1. The molecule has 3 rings (SSSR count). The second-order valence-corrected chi connectivity index (χ2v) is 10.6. The molecule has 2 aromatic rings. The Hall–Kier alpha value is -2.12. The number of rotatable bonds is 7. The van der Waals surface area contributed by atoms with Gasteiger partial charge >= 0.3 is 0 Å². The fourth-order valence-electron chi connectivity index (χ4n) is 3.95. The second kappa shape index (κ2) is 9.35. The van der Waals surface area contributed by atoms with Crippen molar-refractivity contribution in [3.63, 3.8) is 0 Å². The van der Waals surface area contributed by atoms with Crippen molar-refractivity contribution in [3.05, 3.63) is 47.1 Å². The lowest BCUT2D eigenvalue weighted by Gasteiger charge is -2.21. The number of sulfone groups is 1. The van der Waals surface area contributed by atoms with Crippen LogP contribution in [0.25, 0.3) is 0 Å². The molecule has 1 aromatic carbocycles. The van der Waals surface area contributed by atoms with Crippen LogP contribution in [0.3, 0.4) is 0 Å². The van der Waals surface area contributed by atoms with Crippen molar-refractivity contribution < 1.29 is 13.2 Å². The summed E-state index contributed by atoms with van der Waals surface area (Å²) >= 11 is 6.26. The largest absolute Gasteiger partial charge is 0.376 e. The summed E-state index contributed by atoms with van der Waals surface area (Å²) in [5, 5.41) is 3.06. The molecular weight excluding hydrogens is 422 g/mol. The van der Waals surface area contributed by atoms with Gasteiger partial charge in [-0.1, -0.05) is 43.4 Å². The number of nitrogens with zero attached hydrogens (tertiary/aromatic N) is 2. The number of benzene rings is 1. The quantitative estimate of drug-likeness (QED) is 0.672. The highest BCUT2D eigenvalue weighted by Gasteiger charge is 2.28. The van der Waals surface area contributed by atoms with Crippen LogP contribution >= 0.6 is 11.6 Å². The van der Waals surface area contributed by atoms with Crippen LogP contribution in [0.15, 0.2) is 41.4 Å². The molecule has 1 N–H and O–H groups in total. The Morgan fingerprint density at radius 3 is 2.47 bits per heavy atom. The Morgan fingerprint density at radius 2 is 1.93 bits per heavy atom. The van der Waals surface area contributed by atoms with Gasteiger partial charge in [-0.3, -0.25) is 4.79 Å². The van der Waals surface area contributed by atoms with Crippen LogP contribution in [-0.4, -0.2) is 39.7 Å². The van der Waals surface area contributed by atoms with E-state index in [9.17, 15) is 13.2 Å². The van der Waals surface area contributed by atoms with Gasteiger partial charge in [-0.25, -0.2) is 13.4 Å². The molecule has 1 atom stereocenters. The molecule has 0 spiro atoms. The van der Waals surface area contributed by atoms with Gasteiger partial charge in [0.1, 0.15) is 5.82 Å². The van der Waals surface area contributed by atoms with Gasteiger partial charge < -0.3 is 10.2 Å². The van der Waals surface area contributed by atoms with Crippen molar-refractivity contribution in [3.8, 4) is 0 Å². The monoisotopic (exact) mass is 449 g/mol. The van der Waals surface area contributed by atoms with E-state index in [0.29, 0.717) is 18.2 Å². The van der Waals surface area contributed by atoms with Crippen LogP contribution < -0.4 is 10.2 Å². The first-order chi connectivity index (χ1) is 14.1. The van der Waals surface area contributed by atoms with Gasteiger partial charge in [0.05, 0.1) is 27.7 Å². The summed E-state index contributed by atoms with van der Waals surface area (Å²) in [4.78, 5) is 19.5. The van der Waals surface area contributed by atoms with Crippen LogP contribution in [0.1, 0.15) is 43.6 Å². The smallest absolute Gasteiger partial charge is 0.233 e. The number of pyridine rings is 1. The summed E-state index contributed by atoms with van der Waals surface area (Å²) < 4.78 is 23.8. The zero-order chi connectivity index (χ0) is 21.9. The fourth-order valence-corrected chi connectivity index (χ4v) is 5.28. The normalized spacial score (nSPS) is 15.7. The molecule has 1 heterocycles. The number of carbonyl (C=O) groups excluding carboxylic acids is 1. The Bertz CT molecular complexity index is 1000. The van der Waals surface area contributed by atoms with E-state index in [0.717, 1.165) is 30.3 Å². The lowest BCUT2D eigenvalue weighted by atomic mass is 9.87. The molecule has 1 aromatic heterocycles. The number of amides is 1. The molecule has 0 saturated heterocycles. The first-order valence-electron chi connectivity index (χ1n) is 10.1. The molecule has 8 heteroatoms. The van der Waals surface area contributed by atoms with Crippen molar-refractivity contribution in [1.82, 2.24) is 4.98 Å². The standard InChI is InChI=1S/C22H28ClN3O3S/c1-26(2)17-9-11-21(24-14-17)25-22(27)18(12-15-6-4-5-7-15)16-8-10-20(19(23)13-16)30(3,28)29/h8-11,13-15,18H,4-7,12H2,1-3H3,(H,24,25,27). The van der Waals surface area contributed by atoms with Crippen molar-refractivity contribution in [2.24, 2.45) is 5.92 Å². The summed E-state index contributed by atoms with van der Waals surface area (Å²) in [6, 6.07) is 8.47. The maximum absolute atomic E-state index is 13.2. The molecule has 1 unspecified atom stereocenters. The zero-order valence-electron chi connectivity index (χ0n) is 17.6. The van der Waals surface area contributed by atoms with Crippen molar-refractivity contribution >= 4 is 38.9 Å². The van der Waals surface area contributed by atoms with Crippen LogP contribution in [0.2, 0.25) is 5.02 Å². The summed E-state index contributed by atoms with van der Waals surface area (Å²) in [6.45, 7) is 0. The number of carbonyl (C=O) groups is 1. The van der Waals surface area contributed by atoms with Crippen molar-refractivity contribution in [2.45, 2.75) is 42.9 Å². The Labute approximate surface area is 183 Å². The highest BCUT2D eigenvalue weighted by atomic mass is 35.5. The molecule has 1 fully saturated rings. The first-order valence-corrected chi connectivity index (χ1v) is 12.4. The molecule has 162 valence electrons. The van der Waals surface area contributed by atoms with Crippen molar-refractivity contribution in [1.29, 1.82) is 0 Å². The third kappa shape index (κ3) is 5.52. The number of hydrogen-bond acceptors (Lipinski definition) is 5. The lowest BCUT2D eigenvalue weighted by Crippen LogP contribution is -2.24. The molecule has 1 aliphatic rings. The molecule has 0 bridgehead atoms. The SMILES string of the molecule is CN(C)c1ccc(NC(=O)C(CC2CCCC2)c2ccc(S(C)(=O)=O)c(Cl)c2)nc1. The number of halogens is 1. The minimum atomic E-state index is -3.42. The molecule has 1 saturated carbocycles. The maximum Gasteiger partial charge on any atom is 0.233 e. The summed E-state index contributed by atoms with van der Waals surface area (Å²) in [5.74, 6) is 0.378. The van der Waals surface area contributed by atoms with E-state index in [1.54, 1.807) is 24.4 Å². The Balaban J connectivity index is 1.86. The van der Waals surface area contributed by atoms with Gasteiger partial charge in [-0.15, -0.1) is 0 Å². The fraction of sp³-hybridized carbons (Fsp3) is 0.455. The van der Waals surface area contributed by atoms with Crippen LogP contribution in [-0.2, 0) is 14.6 Å². The Morgan fingerprint density at radius 1 is 1.23 bits per heavy atom. The van der Waals surface area contributed by atoms with Gasteiger partial charge in [0.2, 0.25) is 5.91 Å². The molecule has 1 aliphatic carbocycles. The van der Waals surface area contributed by atoms with E-state index in [1.165, 1.54) is 18.9 Å². The van der Waals surface area contributed by atoms with E-state index >= 15 is 0 Å². The zero-order valence-corrected chi connectivity index (χ0v) is 19.1. The van der Waals surface area contributed by atoms with Gasteiger partial charge in [0.25, 0.3) is 0 Å². The highest BCUT2D eigenvalue weighted by molar-refractivity contribution is 7.90. The molecule has 0 radical (unpaired) electrons. The highest BCUT2D eigenvalue weighted by Crippen LogP contribution is 2.36. The molecule has 1 amide bonds. The summed E-state index contributed by atoms with van der Waals surface area (Å²) in [5.41, 5.74) is 1.67. The summed E-state index contributed by atoms with van der Waals surface area (Å²) in [6.07, 6.45) is 8.11. The average Bonchev–Trinajstić information content (AvgIpc) is 3.18. The van der Waals surface area contributed by atoms with E-state index < -0.39 is 15.8 Å². The third-order valence-corrected chi connectivity index (χ3v) is 7.21. The topological polar surface area (TPSA) is 79.4 Å². The van der Waals surface area contributed by atoms with Gasteiger partial charge in [-0.05, 0) is 42.2 Å². The minimum Gasteiger partial charge on any atom is -0.376 e. The molecule has 0 aliphatic heterocycles.